The van der Waals surface area contributed by atoms with Crippen LogP contribution in [0.3, 0.4) is 0 Å². The Morgan fingerprint density at radius 2 is 1.08 bits per heavy atom. The summed E-state index contributed by atoms with van der Waals surface area (Å²) >= 11 is 0. The van der Waals surface area contributed by atoms with Crippen molar-refractivity contribution in [3.63, 3.8) is 0 Å². The number of rotatable bonds is 7. The van der Waals surface area contributed by atoms with E-state index in [-0.39, 0.29) is 23.4 Å². The fraction of sp³-hybridized carbons (Fsp3) is 0.0625. The summed E-state index contributed by atoms with van der Waals surface area (Å²) in [7, 11) is 0. The van der Waals surface area contributed by atoms with Crippen molar-refractivity contribution in [2.75, 3.05) is 0 Å². The predicted octanol–water partition coefficient (Wildman–Crippen LogP) is 6.71. The van der Waals surface area contributed by atoms with Gasteiger partial charge in [0.15, 0.2) is 0 Å². The van der Waals surface area contributed by atoms with Crippen LogP contribution in [-0.4, -0.2) is 5.97 Å². The summed E-state index contributed by atoms with van der Waals surface area (Å²) in [5.74, 6) is -0.142. The standard InChI is InChI=1S/C32H24O4/c33-28(22-24-15-7-2-8-16-24)36-32-30(26-19-11-4-12-20-26)31(34)29(25-17-9-3-10-18-25)27(35-32)21-23-13-5-1-6-14-23/h1-20H,21-22H2. The van der Waals surface area contributed by atoms with Crippen molar-refractivity contribution in [1.82, 2.24) is 0 Å². The van der Waals surface area contributed by atoms with Crippen molar-refractivity contribution in [3.8, 4) is 28.2 Å². The topological polar surface area (TPSA) is 56.5 Å². The maximum absolute atomic E-state index is 14.1. The van der Waals surface area contributed by atoms with Crippen LogP contribution in [-0.2, 0) is 17.6 Å². The SMILES string of the molecule is O=C(Cc1ccccc1)Oc1oc(Cc2ccccc2)c(-c2ccccc2)c(=O)c1-c1ccccc1. The molecule has 4 aromatic carbocycles. The van der Waals surface area contributed by atoms with E-state index >= 15 is 0 Å². The molecule has 0 unspecified atom stereocenters. The van der Waals surface area contributed by atoms with Gasteiger partial charge in [-0.25, -0.2) is 0 Å². The Morgan fingerprint density at radius 1 is 0.611 bits per heavy atom. The van der Waals surface area contributed by atoms with Crippen LogP contribution in [0.1, 0.15) is 16.9 Å². The van der Waals surface area contributed by atoms with Gasteiger partial charge in [-0.3, -0.25) is 9.59 Å². The van der Waals surface area contributed by atoms with Crippen LogP contribution in [0.4, 0.5) is 0 Å². The molecule has 0 saturated heterocycles. The van der Waals surface area contributed by atoms with E-state index in [0.717, 1.165) is 16.7 Å². The average Bonchev–Trinajstić information content (AvgIpc) is 2.91. The van der Waals surface area contributed by atoms with Gasteiger partial charge in [-0.15, -0.1) is 0 Å². The van der Waals surface area contributed by atoms with Crippen LogP contribution in [0.2, 0.25) is 0 Å². The lowest BCUT2D eigenvalue weighted by molar-refractivity contribution is -0.134. The Hall–Kier alpha value is -4.70. The van der Waals surface area contributed by atoms with Crippen LogP contribution in [0.25, 0.3) is 22.3 Å². The molecule has 0 aliphatic carbocycles. The third-order valence-corrected chi connectivity index (χ3v) is 5.88. The molecule has 0 fully saturated rings. The molecule has 5 aromatic rings. The van der Waals surface area contributed by atoms with E-state index in [4.69, 9.17) is 9.15 Å². The number of carbonyl (C=O) groups excluding carboxylic acids is 1. The lowest BCUT2D eigenvalue weighted by Gasteiger charge is -2.15. The van der Waals surface area contributed by atoms with Crippen molar-refractivity contribution in [3.05, 3.63) is 148 Å². The molecule has 0 bridgehead atoms. The summed E-state index contributed by atoms with van der Waals surface area (Å²) in [5, 5.41) is 0. The molecular formula is C32H24O4. The number of esters is 1. The van der Waals surface area contributed by atoms with Gasteiger partial charge in [0.1, 0.15) is 11.3 Å². The minimum absolute atomic E-state index is 0.0627. The molecule has 5 rings (SSSR count). The van der Waals surface area contributed by atoms with Crippen molar-refractivity contribution in [1.29, 1.82) is 0 Å². The third-order valence-electron chi connectivity index (χ3n) is 5.88. The molecule has 0 N–H and O–H groups in total. The normalized spacial score (nSPS) is 10.7. The number of benzene rings is 4. The maximum Gasteiger partial charge on any atom is 0.318 e. The van der Waals surface area contributed by atoms with Gasteiger partial charge in [0.2, 0.25) is 5.43 Å². The summed E-state index contributed by atoms with van der Waals surface area (Å²) < 4.78 is 12.0. The number of ether oxygens (including phenoxy) is 1. The summed E-state index contributed by atoms with van der Waals surface area (Å²) in [5.41, 5.74) is 3.61. The molecule has 4 heteroatoms. The highest BCUT2D eigenvalue weighted by Crippen LogP contribution is 2.34. The minimum Gasteiger partial charge on any atom is -0.429 e. The minimum atomic E-state index is -0.500. The Balaban J connectivity index is 1.67. The number of hydrogen-bond donors (Lipinski definition) is 0. The highest BCUT2D eigenvalue weighted by atomic mass is 16.6. The molecule has 36 heavy (non-hydrogen) atoms. The van der Waals surface area contributed by atoms with Crippen LogP contribution < -0.4 is 10.2 Å². The van der Waals surface area contributed by atoms with Gasteiger partial charge >= 0.3 is 11.9 Å². The van der Waals surface area contributed by atoms with E-state index in [0.29, 0.717) is 23.3 Å². The van der Waals surface area contributed by atoms with Crippen LogP contribution in [0.5, 0.6) is 5.95 Å². The number of carbonyl (C=O) groups is 1. The van der Waals surface area contributed by atoms with Crippen LogP contribution in [0, 0.1) is 0 Å². The molecule has 0 saturated carbocycles. The summed E-state index contributed by atoms with van der Waals surface area (Å²) in [6, 6.07) is 37.7. The Labute approximate surface area is 209 Å². The lowest BCUT2D eigenvalue weighted by Crippen LogP contribution is -2.18. The maximum atomic E-state index is 14.1. The molecule has 1 aromatic heterocycles. The molecule has 0 radical (unpaired) electrons. The van der Waals surface area contributed by atoms with Crippen molar-refractivity contribution in [2.24, 2.45) is 0 Å². The predicted molar refractivity (Wildman–Crippen MR) is 141 cm³/mol. The zero-order chi connectivity index (χ0) is 24.7. The second kappa shape index (κ2) is 10.7. The van der Waals surface area contributed by atoms with Crippen molar-refractivity contribution >= 4 is 5.97 Å². The first kappa shape index (κ1) is 23.1. The van der Waals surface area contributed by atoms with Gasteiger partial charge in [-0.05, 0) is 22.3 Å². The van der Waals surface area contributed by atoms with Crippen molar-refractivity contribution in [2.45, 2.75) is 12.8 Å². The van der Waals surface area contributed by atoms with E-state index in [1.807, 2.05) is 121 Å². The first-order valence-electron chi connectivity index (χ1n) is 11.8. The lowest BCUT2D eigenvalue weighted by atomic mass is 9.96. The highest BCUT2D eigenvalue weighted by molar-refractivity contribution is 5.80. The first-order valence-corrected chi connectivity index (χ1v) is 11.8. The van der Waals surface area contributed by atoms with Gasteiger partial charge in [0.25, 0.3) is 0 Å². The summed E-state index contributed by atoms with van der Waals surface area (Å²) in [6.45, 7) is 0. The zero-order valence-corrected chi connectivity index (χ0v) is 19.6. The van der Waals surface area contributed by atoms with Crippen LogP contribution >= 0.6 is 0 Å². The monoisotopic (exact) mass is 472 g/mol. The molecule has 0 aliphatic rings. The molecule has 0 aliphatic heterocycles. The first-order chi connectivity index (χ1) is 17.7. The second-order valence-electron chi connectivity index (χ2n) is 8.42. The molecule has 176 valence electrons. The fourth-order valence-corrected chi connectivity index (χ4v) is 4.19. The largest absolute Gasteiger partial charge is 0.429 e. The fourth-order valence-electron chi connectivity index (χ4n) is 4.19. The van der Waals surface area contributed by atoms with Gasteiger partial charge in [-0.2, -0.15) is 0 Å². The van der Waals surface area contributed by atoms with Gasteiger partial charge in [-0.1, -0.05) is 121 Å². The molecule has 0 amide bonds. The van der Waals surface area contributed by atoms with Crippen LogP contribution in [0.15, 0.2) is 131 Å². The van der Waals surface area contributed by atoms with E-state index in [9.17, 15) is 9.59 Å². The Morgan fingerprint density at radius 3 is 1.64 bits per heavy atom. The van der Waals surface area contributed by atoms with Gasteiger partial charge in [0.05, 0.1) is 12.0 Å². The molecular weight excluding hydrogens is 448 g/mol. The summed E-state index contributed by atoms with van der Waals surface area (Å²) in [6.07, 6.45) is 0.436. The Kier molecular flexibility index (Phi) is 6.86. The highest BCUT2D eigenvalue weighted by Gasteiger charge is 2.25. The van der Waals surface area contributed by atoms with Gasteiger partial charge in [0, 0.05) is 6.42 Å². The van der Waals surface area contributed by atoms with Crippen molar-refractivity contribution < 1.29 is 13.9 Å². The molecule has 4 nitrogen and oxygen atoms in total. The summed E-state index contributed by atoms with van der Waals surface area (Å²) in [4.78, 5) is 27.0. The average molecular weight is 473 g/mol. The Bertz CT molecular complexity index is 1510. The van der Waals surface area contributed by atoms with E-state index in [1.54, 1.807) is 0 Å². The molecule has 1 heterocycles. The van der Waals surface area contributed by atoms with E-state index < -0.39 is 5.97 Å². The van der Waals surface area contributed by atoms with E-state index in [2.05, 4.69) is 0 Å². The molecule has 0 atom stereocenters. The van der Waals surface area contributed by atoms with E-state index in [1.165, 1.54) is 0 Å². The zero-order valence-electron chi connectivity index (χ0n) is 19.6. The third kappa shape index (κ3) is 5.18. The quantitative estimate of drug-likeness (QED) is 0.247. The number of hydrogen-bond acceptors (Lipinski definition) is 4. The second-order valence-corrected chi connectivity index (χ2v) is 8.42. The molecule has 0 spiro atoms. The van der Waals surface area contributed by atoms with Gasteiger partial charge < -0.3 is 9.15 Å². The smallest absolute Gasteiger partial charge is 0.318 e.